The molecule has 1 aromatic rings. The maximum absolute atomic E-state index is 12.4. The molecule has 0 bridgehead atoms. The minimum absolute atomic E-state index is 0.00512. The molecule has 1 saturated heterocycles. The number of amides is 1. The molecule has 2 rings (SSSR count). The van der Waals surface area contributed by atoms with E-state index in [1.807, 2.05) is 25.1 Å². The third-order valence-corrected chi connectivity index (χ3v) is 4.89. The summed E-state index contributed by atoms with van der Waals surface area (Å²) in [5.74, 6) is 0.0412. The van der Waals surface area contributed by atoms with Crippen molar-refractivity contribution in [1.82, 2.24) is 15.2 Å². The van der Waals surface area contributed by atoms with Crippen LogP contribution < -0.4 is 5.32 Å². The Balaban J connectivity index is 1.84. The topological polar surface area (TPSA) is 65.5 Å². The Bertz CT molecular complexity index is 484. The highest BCUT2D eigenvalue weighted by Crippen LogP contribution is 2.25. The minimum Gasteiger partial charge on any atom is -0.396 e. The van der Waals surface area contributed by atoms with E-state index in [4.69, 9.17) is 0 Å². The van der Waals surface area contributed by atoms with E-state index in [0.717, 1.165) is 18.5 Å². The van der Waals surface area contributed by atoms with Crippen LogP contribution in [0.15, 0.2) is 24.4 Å². The summed E-state index contributed by atoms with van der Waals surface area (Å²) in [5.41, 5.74) is 0.940. The maximum Gasteiger partial charge on any atom is 0.237 e. The lowest BCUT2D eigenvalue weighted by atomic mass is 10.0. The first-order chi connectivity index (χ1) is 11.0. The first-order valence-corrected chi connectivity index (χ1v) is 8.58. The summed E-state index contributed by atoms with van der Waals surface area (Å²) in [4.78, 5) is 19.0. The maximum atomic E-state index is 12.4. The van der Waals surface area contributed by atoms with Crippen LogP contribution in [0.4, 0.5) is 0 Å². The molecule has 1 fully saturated rings. The van der Waals surface area contributed by atoms with Crippen molar-refractivity contribution in [1.29, 1.82) is 0 Å². The van der Waals surface area contributed by atoms with Gasteiger partial charge in [-0.15, -0.1) is 0 Å². The molecule has 2 N–H and O–H groups in total. The fourth-order valence-electron chi connectivity index (χ4n) is 3.52. The number of aliphatic hydroxyl groups excluding tert-OH is 1. The highest BCUT2D eigenvalue weighted by Gasteiger charge is 2.34. The number of nitrogens with zero attached hydrogens (tertiary/aromatic N) is 2. The standard InChI is InChI=1S/C18H29N3O2/c1-13-7-8-14(2)21(13)15(3)18(23)20-11-16(12-22)10-17-6-4-5-9-19-17/h4-6,9,13-16,22H,7-8,10-12H2,1-3H3,(H,20,23)/t13-,14+,15-,16+/m1/s1. The molecule has 0 radical (unpaired) electrons. The molecular formula is C18H29N3O2. The lowest BCUT2D eigenvalue weighted by molar-refractivity contribution is -0.127. The number of aromatic nitrogens is 1. The van der Waals surface area contributed by atoms with Gasteiger partial charge in [-0.05, 0) is 52.2 Å². The highest BCUT2D eigenvalue weighted by molar-refractivity contribution is 5.81. The average molecular weight is 319 g/mol. The lowest BCUT2D eigenvalue weighted by Crippen LogP contribution is -2.50. The van der Waals surface area contributed by atoms with Gasteiger partial charge in [-0.1, -0.05) is 6.07 Å². The van der Waals surface area contributed by atoms with Crippen molar-refractivity contribution >= 4 is 5.91 Å². The quantitative estimate of drug-likeness (QED) is 0.801. The van der Waals surface area contributed by atoms with Crippen LogP contribution in [-0.4, -0.2) is 52.2 Å². The summed E-state index contributed by atoms with van der Waals surface area (Å²) in [6.07, 6.45) is 4.72. The van der Waals surface area contributed by atoms with Crippen LogP contribution in [0.25, 0.3) is 0 Å². The summed E-state index contributed by atoms with van der Waals surface area (Å²) in [6, 6.07) is 6.53. The third-order valence-electron chi connectivity index (χ3n) is 4.89. The van der Waals surface area contributed by atoms with Crippen LogP contribution in [0.1, 0.15) is 39.3 Å². The zero-order valence-corrected chi connectivity index (χ0v) is 14.4. The first kappa shape index (κ1) is 17.9. The Hall–Kier alpha value is -1.46. The number of aliphatic hydroxyl groups is 1. The zero-order valence-electron chi connectivity index (χ0n) is 14.4. The Kier molecular flexibility index (Phi) is 6.54. The van der Waals surface area contributed by atoms with E-state index in [1.165, 1.54) is 0 Å². The molecule has 0 aliphatic carbocycles. The second kappa shape index (κ2) is 8.41. The molecule has 0 saturated carbocycles. The Labute approximate surface area is 139 Å². The van der Waals surface area contributed by atoms with E-state index in [2.05, 4.69) is 29.0 Å². The summed E-state index contributed by atoms with van der Waals surface area (Å²) < 4.78 is 0. The van der Waals surface area contributed by atoms with Crippen LogP contribution in [0, 0.1) is 5.92 Å². The van der Waals surface area contributed by atoms with Crippen molar-refractivity contribution < 1.29 is 9.90 Å². The fourth-order valence-corrected chi connectivity index (χ4v) is 3.52. The van der Waals surface area contributed by atoms with Crippen molar-refractivity contribution in [2.45, 2.75) is 58.2 Å². The molecular weight excluding hydrogens is 290 g/mol. The smallest absolute Gasteiger partial charge is 0.237 e. The second-order valence-corrected chi connectivity index (χ2v) is 6.72. The fraction of sp³-hybridized carbons (Fsp3) is 0.667. The third kappa shape index (κ3) is 4.75. The highest BCUT2D eigenvalue weighted by atomic mass is 16.3. The van der Waals surface area contributed by atoms with E-state index in [1.54, 1.807) is 6.20 Å². The van der Waals surface area contributed by atoms with Crippen molar-refractivity contribution in [2.75, 3.05) is 13.2 Å². The predicted molar refractivity (Wildman–Crippen MR) is 91.0 cm³/mol. The molecule has 1 aromatic heterocycles. The van der Waals surface area contributed by atoms with Crippen molar-refractivity contribution in [3.05, 3.63) is 30.1 Å². The van der Waals surface area contributed by atoms with Gasteiger partial charge < -0.3 is 10.4 Å². The Morgan fingerprint density at radius 3 is 2.65 bits per heavy atom. The van der Waals surface area contributed by atoms with Gasteiger partial charge in [-0.2, -0.15) is 0 Å². The van der Waals surface area contributed by atoms with Crippen LogP contribution in [0.2, 0.25) is 0 Å². The first-order valence-electron chi connectivity index (χ1n) is 8.58. The average Bonchev–Trinajstić information content (AvgIpc) is 2.90. The van der Waals surface area contributed by atoms with E-state index in [9.17, 15) is 9.90 Å². The molecule has 1 amide bonds. The van der Waals surface area contributed by atoms with Crippen LogP contribution in [-0.2, 0) is 11.2 Å². The molecule has 1 aliphatic heterocycles. The van der Waals surface area contributed by atoms with E-state index in [0.29, 0.717) is 25.0 Å². The summed E-state index contributed by atoms with van der Waals surface area (Å²) in [7, 11) is 0. The molecule has 1 aliphatic rings. The molecule has 23 heavy (non-hydrogen) atoms. The van der Waals surface area contributed by atoms with Crippen molar-refractivity contribution in [3.8, 4) is 0 Å². The van der Waals surface area contributed by atoms with Gasteiger partial charge in [0.05, 0.1) is 6.04 Å². The van der Waals surface area contributed by atoms with E-state index < -0.39 is 0 Å². The van der Waals surface area contributed by atoms with Gasteiger partial charge >= 0.3 is 0 Å². The van der Waals surface area contributed by atoms with Gasteiger partial charge in [-0.3, -0.25) is 14.7 Å². The number of hydrogen-bond acceptors (Lipinski definition) is 4. The Morgan fingerprint density at radius 2 is 2.09 bits per heavy atom. The number of pyridine rings is 1. The number of carbonyl (C=O) groups excluding carboxylic acids is 1. The molecule has 128 valence electrons. The van der Waals surface area contributed by atoms with E-state index >= 15 is 0 Å². The van der Waals surface area contributed by atoms with Crippen LogP contribution in [0.3, 0.4) is 0 Å². The normalized spacial score (nSPS) is 24.3. The van der Waals surface area contributed by atoms with Crippen LogP contribution >= 0.6 is 0 Å². The Morgan fingerprint density at radius 1 is 1.39 bits per heavy atom. The van der Waals surface area contributed by atoms with Gasteiger partial charge in [0.25, 0.3) is 0 Å². The largest absolute Gasteiger partial charge is 0.396 e. The molecule has 5 nitrogen and oxygen atoms in total. The minimum atomic E-state index is -0.128. The zero-order chi connectivity index (χ0) is 16.8. The van der Waals surface area contributed by atoms with Gasteiger partial charge in [0.15, 0.2) is 0 Å². The van der Waals surface area contributed by atoms with E-state index in [-0.39, 0.29) is 24.5 Å². The molecule has 0 unspecified atom stereocenters. The summed E-state index contributed by atoms with van der Waals surface area (Å²) in [5, 5.41) is 12.5. The van der Waals surface area contributed by atoms with Gasteiger partial charge in [-0.25, -0.2) is 0 Å². The summed E-state index contributed by atoms with van der Waals surface area (Å²) >= 11 is 0. The van der Waals surface area contributed by atoms with Gasteiger partial charge in [0.1, 0.15) is 0 Å². The number of likely N-dealkylation sites (tertiary alicyclic amines) is 1. The number of carbonyl (C=O) groups is 1. The molecule has 2 heterocycles. The monoisotopic (exact) mass is 319 g/mol. The van der Waals surface area contributed by atoms with Crippen molar-refractivity contribution in [2.24, 2.45) is 5.92 Å². The number of nitrogens with one attached hydrogen (secondary N) is 1. The SMILES string of the molecule is C[C@@H]1CC[C@H](C)N1[C@H](C)C(=O)NC[C@@H](CO)Cc1ccccn1. The number of hydrogen-bond donors (Lipinski definition) is 2. The van der Waals surface area contributed by atoms with Gasteiger partial charge in [0, 0.05) is 43.0 Å². The lowest BCUT2D eigenvalue weighted by Gasteiger charge is -2.31. The molecule has 0 spiro atoms. The number of rotatable bonds is 7. The van der Waals surface area contributed by atoms with Crippen molar-refractivity contribution in [3.63, 3.8) is 0 Å². The molecule has 4 atom stereocenters. The molecule has 0 aromatic carbocycles. The van der Waals surface area contributed by atoms with Gasteiger partial charge in [0.2, 0.25) is 5.91 Å². The summed E-state index contributed by atoms with van der Waals surface area (Å²) in [6.45, 7) is 6.87. The predicted octanol–water partition coefficient (Wildman–Crippen LogP) is 1.61. The second-order valence-electron chi connectivity index (χ2n) is 6.72. The van der Waals surface area contributed by atoms with Crippen LogP contribution in [0.5, 0.6) is 0 Å². The molecule has 5 heteroatoms.